The first-order chi connectivity index (χ1) is 6.02. The van der Waals surface area contributed by atoms with E-state index in [9.17, 15) is 9.70 Å². The van der Waals surface area contributed by atoms with E-state index in [1.165, 1.54) is 0 Å². The quantitative estimate of drug-likeness (QED) is 0.718. The summed E-state index contributed by atoms with van der Waals surface area (Å²) in [6.45, 7) is 0. The average molecular weight is 203 g/mol. The maximum absolute atomic E-state index is 10.5. The standard InChI is InChI=1S/C7H4ClNO4/c8-6-3-4(9(12)13)1-2-5(6)7(10)11/h1-3H,(H-,10,11,12,13)/p+1. The van der Waals surface area contributed by atoms with E-state index in [1.54, 1.807) is 0 Å². The van der Waals surface area contributed by atoms with Crippen LogP contribution in [0.4, 0.5) is 5.69 Å². The number of rotatable bonds is 2. The fraction of sp³-hybridized carbons (Fsp3) is 0. The lowest BCUT2D eigenvalue weighted by molar-refractivity contribution is -0.729. The largest absolute Gasteiger partial charge is 0.478 e. The first-order valence-electron chi connectivity index (χ1n) is 3.21. The van der Waals surface area contributed by atoms with E-state index in [0.29, 0.717) is 0 Å². The molecule has 6 heteroatoms. The summed E-state index contributed by atoms with van der Waals surface area (Å²) in [7, 11) is 0. The fourth-order valence-corrected chi connectivity index (χ4v) is 1.05. The number of benzene rings is 1. The van der Waals surface area contributed by atoms with E-state index in [1.807, 2.05) is 0 Å². The number of carbonyl (C=O) groups is 1. The van der Waals surface area contributed by atoms with E-state index < -0.39 is 10.9 Å². The van der Waals surface area contributed by atoms with Gasteiger partial charge in [0.05, 0.1) is 15.5 Å². The van der Waals surface area contributed by atoms with Gasteiger partial charge in [0.1, 0.15) is 0 Å². The first kappa shape index (κ1) is 9.47. The molecular formula is C7H5ClNO4+. The number of aromatic carboxylic acids is 1. The lowest BCUT2D eigenvalue weighted by Crippen LogP contribution is -1.99. The molecule has 0 amide bonds. The van der Waals surface area contributed by atoms with Gasteiger partial charge in [0.2, 0.25) is 0 Å². The summed E-state index contributed by atoms with van der Waals surface area (Å²) in [5, 5.41) is 16.9. The summed E-state index contributed by atoms with van der Waals surface area (Å²) in [4.78, 5) is 20.4. The second-order valence-electron chi connectivity index (χ2n) is 2.24. The normalized spacial score (nSPS) is 9.62. The minimum absolute atomic E-state index is 0.0973. The monoisotopic (exact) mass is 202 g/mol. The lowest BCUT2D eigenvalue weighted by atomic mass is 10.2. The van der Waals surface area contributed by atoms with Gasteiger partial charge in [-0.05, 0) is 6.07 Å². The third kappa shape index (κ3) is 1.94. The van der Waals surface area contributed by atoms with E-state index in [4.69, 9.17) is 21.9 Å². The van der Waals surface area contributed by atoms with E-state index in [0.717, 1.165) is 18.2 Å². The van der Waals surface area contributed by atoms with Gasteiger partial charge in [0.25, 0.3) is 4.92 Å². The molecule has 0 spiro atoms. The SMILES string of the molecule is O=C(O)c1ccc([N+](=O)O)cc1Cl. The Kier molecular flexibility index (Phi) is 2.48. The van der Waals surface area contributed by atoms with Gasteiger partial charge in [-0.1, -0.05) is 11.6 Å². The molecule has 0 aromatic heterocycles. The van der Waals surface area contributed by atoms with E-state index in [-0.39, 0.29) is 16.3 Å². The molecule has 0 saturated carbocycles. The summed E-state index contributed by atoms with van der Waals surface area (Å²) in [5.74, 6) is -1.19. The molecule has 2 N–H and O–H groups in total. The molecule has 0 fully saturated rings. The Morgan fingerprint density at radius 1 is 1.46 bits per heavy atom. The van der Waals surface area contributed by atoms with Gasteiger partial charge in [-0.15, -0.1) is 0 Å². The number of carboxylic acids is 1. The highest BCUT2D eigenvalue weighted by Crippen LogP contribution is 2.21. The summed E-state index contributed by atoms with van der Waals surface area (Å²) in [6, 6.07) is 3.36. The molecule has 5 nitrogen and oxygen atoms in total. The number of hydrogen-bond acceptors (Lipinski definition) is 2. The van der Waals surface area contributed by atoms with Crippen LogP contribution in [0.25, 0.3) is 0 Å². The van der Waals surface area contributed by atoms with Crippen molar-refractivity contribution in [1.29, 1.82) is 0 Å². The van der Waals surface area contributed by atoms with Crippen LogP contribution in [-0.4, -0.2) is 21.2 Å². The van der Waals surface area contributed by atoms with Crippen LogP contribution in [0, 0.1) is 4.91 Å². The predicted octanol–water partition coefficient (Wildman–Crippen LogP) is 1.84. The van der Waals surface area contributed by atoms with Crippen LogP contribution in [0.1, 0.15) is 10.4 Å². The molecule has 0 radical (unpaired) electrons. The third-order valence-electron chi connectivity index (χ3n) is 1.40. The Balaban J connectivity index is 3.20. The molecule has 0 aliphatic carbocycles. The van der Waals surface area contributed by atoms with E-state index in [2.05, 4.69) is 0 Å². The van der Waals surface area contributed by atoms with Gasteiger partial charge in [-0.25, -0.2) is 10.0 Å². The zero-order chi connectivity index (χ0) is 10.0. The summed E-state index contributed by atoms with van der Waals surface area (Å²) >= 11 is 5.51. The molecule has 0 saturated heterocycles. The van der Waals surface area contributed by atoms with Gasteiger partial charge >= 0.3 is 11.7 Å². The number of nitrogens with zero attached hydrogens (tertiary/aromatic N) is 1. The summed E-state index contributed by atoms with van der Waals surface area (Å²) in [6.07, 6.45) is 0. The third-order valence-corrected chi connectivity index (χ3v) is 1.72. The zero-order valence-corrected chi connectivity index (χ0v) is 7.02. The average Bonchev–Trinajstić information content (AvgIpc) is 2.03. The molecule has 0 aliphatic heterocycles. The van der Waals surface area contributed by atoms with Crippen molar-refractivity contribution in [3.8, 4) is 0 Å². The molecule has 0 unspecified atom stereocenters. The highest BCUT2D eigenvalue weighted by Gasteiger charge is 2.16. The maximum Gasteiger partial charge on any atom is 0.337 e. The number of carboxylic acid groups (broad SMARTS) is 1. The predicted molar refractivity (Wildman–Crippen MR) is 43.5 cm³/mol. The van der Waals surface area contributed by atoms with Crippen molar-refractivity contribution in [2.24, 2.45) is 0 Å². The van der Waals surface area contributed by atoms with Crippen molar-refractivity contribution in [2.75, 3.05) is 0 Å². The minimum atomic E-state index is -1.19. The molecule has 1 aromatic carbocycles. The second kappa shape index (κ2) is 3.40. The highest BCUT2D eigenvalue weighted by molar-refractivity contribution is 6.33. The molecule has 0 atom stereocenters. The number of halogens is 1. The maximum atomic E-state index is 10.5. The highest BCUT2D eigenvalue weighted by atomic mass is 35.5. The smallest absolute Gasteiger partial charge is 0.337 e. The Morgan fingerprint density at radius 3 is 2.46 bits per heavy atom. The molecule has 13 heavy (non-hydrogen) atoms. The summed E-state index contributed by atoms with van der Waals surface area (Å²) < 4.78 is 0. The van der Waals surface area contributed by atoms with Crippen LogP contribution in [0.2, 0.25) is 5.02 Å². The van der Waals surface area contributed by atoms with Gasteiger partial charge in [0, 0.05) is 12.1 Å². The molecule has 0 heterocycles. The Bertz CT molecular complexity index is 377. The minimum Gasteiger partial charge on any atom is -0.478 e. The van der Waals surface area contributed by atoms with Crippen molar-refractivity contribution < 1.29 is 20.0 Å². The van der Waals surface area contributed by atoms with Gasteiger partial charge in [-0.2, -0.15) is 0 Å². The van der Waals surface area contributed by atoms with Crippen molar-refractivity contribution in [3.05, 3.63) is 33.7 Å². The molecule has 68 valence electrons. The van der Waals surface area contributed by atoms with Crippen molar-refractivity contribution >= 4 is 23.3 Å². The second-order valence-corrected chi connectivity index (χ2v) is 2.65. The van der Waals surface area contributed by atoms with Crippen molar-refractivity contribution in [2.45, 2.75) is 0 Å². The van der Waals surface area contributed by atoms with Crippen LogP contribution in [-0.2, 0) is 0 Å². The Hall–Kier alpha value is -1.62. The van der Waals surface area contributed by atoms with Crippen LogP contribution < -0.4 is 0 Å². The molecule has 1 aromatic rings. The van der Waals surface area contributed by atoms with Gasteiger partial charge in [0.15, 0.2) is 0 Å². The Labute approximate surface area is 77.7 Å². The van der Waals surface area contributed by atoms with Crippen molar-refractivity contribution in [1.82, 2.24) is 0 Å². The van der Waals surface area contributed by atoms with Crippen LogP contribution >= 0.6 is 11.6 Å². The number of hydrogen-bond donors (Lipinski definition) is 2. The molecule has 1 rings (SSSR count). The first-order valence-corrected chi connectivity index (χ1v) is 3.59. The lowest BCUT2D eigenvalue weighted by Gasteiger charge is -1.95. The Morgan fingerprint density at radius 2 is 2.08 bits per heavy atom. The van der Waals surface area contributed by atoms with E-state index >= 15 is 0 Å². The van der Waals surface area contributed by atoms with Crippen LogP contribution in [0.15, 0.2) is 18.2 Å². The van der Waals surface area contributed by atoms with Crippen molar-refractivity contribution in [3.63, 3.8) is 0 Å². The fourth-order valence-electron chi connectivity index (χ4n) is 0.796. The van der Waals surface area contributed by atoms with Crippen LogP contribution in [0.5, 0.6) is 0 Å². The summed E-state index contributed by atoms with van der Waals surface area (Å²) in [5.41, 5.74) is -0.234. The molecule has 0 bridgehead atoms. The zero-order valence-electron chi connectivity index (χ0n) is 6.27. The van der Waals surface area contributed by atoms with Crippen LogP contribution in [0.3, 0.4) is 0 Å². The molecular weight excluding hydrogens is 198 g/mol. The van der Waals surface area contributed by atoms with Gasteiger partial charge < -0.3 is 5.11 Å². The molecule has 0 aliphatic rings. The van der Waals surface area contributed by atoms with Gasteiger partial charge in [-0.3, -0.25) is 0 Å². The topological polar surface area (TPSA) is 77.6 Å².